The van der Waals surface area contributed by atoms with Gasteiger partial charge in [-0.3, -0.25) is 23.7 Å². The van der Waals surface area contributed by atoms with Crippen molar-refractivity contribution in [3.63, 3.8) is 0 Å². The first kappa shape index (κ1) is 36.5. The first-order valence-electron chi connectivity index (χ1n) is 19.8. The van der Waals surface area contributed by atoms with Gasteiger partial charge in [0.15, 0.2) is 23.1 Å². The summed E-state index contributed by atoms with van der Waals surface area (Å²) >= 11 is 0. The molecule has 17 nitrogen and oxygen atoms in total. The highest BCUT2D eigenvalue weighted by atomic mass is 19.1. The number of hydrogen-bond acceptors (Lipinski definition) is 13. The Labute approximate surface area is 321 Å². The molecule has 3 aromatic heterocycles. The summed E-state index contributed by atoms with van der Waals surface area (Å²) in [6.07, 6.45) is 3.14. The summed E-state index contributed by atoms with van der Waals surface area (Å²) in [5, 5.41) is 43.4. The number of pyridine rings is 1. The van der Waals surface area contributed by atoms with Crippen LogP contribution in [-0.4, -0.2) is 95.8 Å². The van der Waals surface area contributed by atoms with Crippen LogP contribution < -0.4 is 43.5 Å². The van der Waals surface area contributed by atoms with E-state index in [-0.39, 0.29) is 64.7 Å². The van der Waals surface area contributed by atoms with Crippen LogP contribution in [0.15, 0.2) is 19.2 Å². The van der Waals surface area contributed by atoms with Crippen molar-refractivity contribution in [1.82, 2.24) is 23.8 Å². The molecule has 10 rings (SSSR count). The zero-order valence-electron chi connectivity index (χ0n) is 31.3. The molecule has 4 aromatic rings. The van der Waals surface area contributed by atoms with Crippen LogP contribution in [0.2, 0.25) is 0 Å². The van der Waals surface area contributed by atoms with E-state index in [0.29, 0.717) is 36.9 Å². The molecular formula is C38H45F2N9O8. The third kappa shape index (κ3) is 5.27. The van der Waals surface area contributed by atoms with Crippen LogP contribution in [0.25, 0.3) is 21.9 Å². The highest BCUT2D eigenvalue weighted by Crippen LogP contribution is 2.60. The van der Waals surface area contributed by atoms with Crippen molar-refractivity contribution in [2.75, 3.05) is 60.4 Å². The third-order valence-corrected chi connectivity index (χ3v) is 13.9. The minimum Gasteiger partial charge on any atom is -0.394 e. The number of nitrogens with zero attached hydrogens (tertiary/aromatic N) is 6. The molecular weight excluding hydrogens is 748 g/mol. The van der Waals surface area contributed by atoms with Crippen molar-refractivity contribution in [3.05, 3.63) is 58.9 Å². The van der Waals surface area contributed by atoms with Crippen molar-refractivity contribution in [3.8, 4) is 0 Å². The summed E-state index contributed by atoms with van der Waals surface area (Å²) in [6.45, 7) is 1.44. The highest BCUT2D eigenvalue weighted by molar-refractivity contribution is 6.02. The van der Waals surface area contributed by atoms with Crippen molar-refractivity contribution >= 4 is 44.8 Å². The summed E-state index contributed by atoms with van der Waals surface area (Å²) in [5.41, 5.74) is -5.30. The predicted molar refractivity (Wildman–Crippen MR) is 205 cm³/mol. The van der Waals surface area contributed by atoms with E-state index >= 15 is 8.78 Å². The van der Waals surface area contributed by atoms with Crippen molar-refractivity contribution in [1.29, 1.82) is 0 Å². The number of fused-ring (bicyclic) bond motifs is 2. The highest BCUT2D eigenvalue weighted by Gasteiger charge is 2.59. The predicted octanol–water partition coefficient (Wildman–Crippen LogP) is 0.414. The Morgan fingerprint density at radius 1 is 0.842 bits per heavy atom. The van der Waals surface area contributed by atoms with Gasteiger partial charge in [0.1, 0.15) is 5.39 Å². The number of aryl methyl sites for hydroxylation is 1. The van der Waals surface area contributed by atoms with E-state index in [0.717, 1.165) is 25.7 Å². The minimum absolute atomic E-state index is 0.0180. The first-order chi connectivity index (χ1) is 27.2. The standard InChI is InChI=1S/C38H45F2N9O8/c1-16-29-23(33(54)44-35(56)47(29)17-2-3-17)27(25(39)30(16)45-10-19(21(52)12-50)37(14-45)6-7-37)42-28-24-31(48(18-4-5-18)36(57)49(41)34(24)55)43-32(26(28)40)46-11-20(22(53)13-51)38(15-46)8-9-38/h17-22,50-53H,2-15,41H2,1H3,(H,42,43)(H,44,54,56). The molecule has 4 unspecified atom stereocenters. The van der Waals surface area contributed by atoms with Gasteiger partial charge in [-0.2, -0.15) is 4.68 Å². The lowest BCUT2D eigenvalue weighted by molar-refractivity contribution is 0.0335. The van der Waals surface area contributed by atoms with Gasteiger partial charge in [-0.25, -0.2) is 23.4 Å². The molecule has 0 radical (unpaired) electrons. The number of hydrogen-bond donors (Lipinski definition) is 7. The van der Waals surface area contributed by atoms with Gasteiger partial charge in [0.2, 0.25) is 0 Å². The SMILES string of the molecule is Cc1c(N2CC(C(O)CO)C3(CC3)C2)c(F)c(Nc2c(F)c(N3CC(C(O)CO)C4(CC4)C3)nc3c2c(=O)n(N)c(=O)n3C2CC2)c2c(=O)[nH]c(=O)n(C3CC3)c12. The van der Waals surface area contributed by atoms with Gasteiger partial charge in [0, 0.05) is 55.7 Å². The van der Waals surface area contributed by atoms with Crippen LogP contribution in [0.1, 0.15) is 69.0 Å². The summed E-state index contributed by atoms with van der Waals surface area (Å²) < 4.78 is 38.4. The zero-order chi connectivity index (χ0) is 40.0. The Kier molecular flexibility index (Phi) is 7.89. The molecule has 57 heavy (non-hydrogen) atoms. The van der Waals surface area contributed by atoms with Crippen molar-refractivity contribution in [2.24, 2.45) is 22.7 Å². The fourth-order valence-electron chi connectivity index (χ4n) is 10.3. The lowest BCUT2D eigenvalue weighted by Gasteiger charge is -2.27. The summed E-state index contributed by atoms with van der Waals surface area (Å²) in [6, 6.07) is -0.702. The number of halogens is 2. The van der Waals surface area contributed by atoms with Gasteiger partial charge in [0.05, 0.1) is 53.4 Å². The molecule has 304 valence electrons. The molecule has 5 heterocycles. The number of aromatic nitrogens is 5. The number of aliphatic hydroxyl groups excluding tert-OH is 4. The Morgan fingerprint density at radius 2 is 1.39 bits per heavy atom. The maximum absolute atomic E-state index is 17.8. The number of aliphatic hydroxyl groups is 4. The maximum atomic E-state index is 17.8. The molecule has 19 heteroatoms. The monoisotopic (exact) mass is 793 g/mol. The van der Waals surface area contributed by atoms with Crippen LogP contribution in [-0.2, 0) is 0 Å². The Bertz CT molecular complexity index is 2630. The molecule has 2 saturated heterocycles. The third-order valence-electron chi connectivity index (χ3n) is 13.9. The molecule has 6 fully saturated rings. The quantitative estimate of drug-likeness (QED) is 0.108. The lowest BCUT2D eigenvalue weighted by Crippen LogP contribution is -2.45. The number of nitrogen functional groups attached to an aromatic ring is 1. The minimum atomic E-state index is -1.11. The molecule has 2 spiro atoms. The number of nitrogens with two attached hydrogens (primary N) is 1. The van der Waals surface area contributed by atoms with Crippen molar-refractivity contribution < 1.29 is 29.2 Å². The summed E-state index contributed by atoms with van der Waals surface area (Å²) in [5.74, 6) is 2.88. The van der Waals surface area contributed by atoms with Gasteiger partial charge in [-0.1, -0.05) is 0 Å². The molecule has 0 amide bonds. The van der Waals surface area contributed by atoms with E-state index in [1.54, 1.807) is 16.7 Å². The van der Waals surface area contributed by atoms with Gasteiger partial charge >= 0.3 is 11.4 Å². The van der Waals surface area contributed by atoms with Gasteiger partial charge in [0.25, 0.3) is 11.1 Å². The summed E-state index contributed by atoms with van der Waals surface area (Å²) in [7, 11) is 0. The Morgan fingerprint density at radius 3 is 1.95 bits per heavy atom. The fraction of sp³-hybridized carbons (Fsp3) is 0.605. The van der Waals surface area contributed by atoms with Crippen LogP contribution in [0.3, 0.4) is 0 Å². The molecule has 4 saturated carbocycles. The smallest absolute Gasteiger partial charge is 0.351 e. The van der Waals surface area contributed by atoms with Crippen LogP contribution in [0.4, 0.5) is 31.7 Å². The second-order valence-electron chi connectivity index (χ2n) is 17.5. The van der Waals surface area contributed by atoms with Gasteiger partial charge < -0.3 is 41.4 Å². The van der Waals surface area contributed by atoms with Crippen LogP contribution in [0.5, 0.6) is 0 Å². The maximum Gasteiger partial charge on any atom is 0.351 e. The van der Waals surface area contributed by atoms with E-state index < -0.39 is 99.6 Å². The number of H-pyrrole nitrogens is 1. The normalized spacial score (nSPS) is 24.3. The second kappa shape index (κ2) is 12.3. The largest absolute Gasteiger partial charge is 0.394 e. The Hall–Kier alpha value is -4.85. The van der Waals surface area contributed by atoms with Gasteiger partial charge in [-0.05, 0) is 69.1 Å². The lowest BCUT2D eigenvalue weighted by atomic mass is 9.88. The molecule has 4 aliphatic carbocycles. The topological polar surface area (TPSA) is 237 Å². The van der Waals surface area contributed by atoms with E-state index in [1.807, 2.05) is 0 Å². The molecule has 4 atom stereocenters. The summed E-state index contributed by atoms with van der Waals surface area (Å²) in [4.78, 5) is 65.3. The van der Waals surface area contributed by atoms with Gasteiger partial charge in [-0.15, -0.1) is 0 Å². The first-order valence-corrected chi connectivity index (χ1v) is 19.8. The molecule has 2 aliphatic heterocycles. The molecule has 0 bridgehead atoms. The molecule has 1 aromatic carbocycles. The number of rotatable bonds is 10. The molecule has 6 aliphatic rings. The van der Waals surface area contributed by atoms with E-state index in [9.17, 15) is 39.6 Å². The number of anilines is 4. The number of nitrogens with one attached hydrogen (secondary N) is 2. The number of benzene rings is 1. The van der Waals surface area contributed by atoms with E-state index in [2.05, 4.69) is 15.3 Å². The average molecular weight is 794 g/mol. The number of aromatic amines is 1. The average Bonchev–Trinajstić information content (AvgIpc) is 3.96. The zero-order valence-corrected chi connectivity index (χ0v) is 31.3. The second-order valence-corrected chi connectivity index (χ2v) is 17.5. The fourth-order valence-corrected chi connectivity index (χ4v) is 10.3. The van der Waals surface area contributed by atoms with E-state index in [4.69, 9.17) is 5.84 Å². The van der Waals surface area contributed by atoms with Crippen LogP contribution >= 0.6 is 0 Å². The van der Waals surface area contributed by atoms with Crippen molar-refractivity contribution in [2.45, 2.75) is 82.6 Å². The molecule has 8 N–H and O–H groups in total. The van der Waals surface area contributed by atoms with Crippen LogP contribution in [0, 0.1) is 41.2 Å². The Balaban J connectivity index is 1.24. The van der Waals surface area contributed by atoms with E-state index in [1.165, 1.54) is 9.13 Å².